The Bertz CT molecular complexity index is 1090. The molecule has 0 N–H and O–H groups in total. The van der Waals surface area contributed by atoms with Gasteiger partial charge in [-0.2, -0.15) is 0 Å². The molecule has 0 saturated carbocycles. The summed E-state index contributed by atoms with van der Waals surface area (Å²) in [6.07, 6.45) is 1.61. The van der Waals surface area contributed by atoms with Gasteiger partial charge in [0, 0.05) is 6.08 Å². The van der Waals surface area contributed by atoms with E-state index in [-0.39, 0.29) is 5.97 Å². The third-order valence-electron chi connectivity index (χ3n) is 5.00. The van der Waals surface area contributed by atoms with Crippen LogP contribution in [-0.4, -0.2) is 19.7 Å². The maximum atomic E-state index is 12.4. The maximum absolute atomic E-state index is 12.4. The van der Waals surface area contributed by atoms with Gasteiger partial charge in [0.1, 0.15) is 5.75 Å². The van der Waals surface area contributed by atoms with Crippen molar-refractivity contribution in [3.63, 3.8) is 0 Å². The quantitative estimate of drug-likeness (QED) is 0.425. The van der Waals surface area contributed by atoms with Gasteiger partial charge in [0.05, 0.1) is 13.7 Å². The van der Waals surface area contributed by atoms with Crippen LogP contribution in [0.3, 0.4) is 0 Å². The second-order valence-corrected chi connectivity index (χ2v) is 6.70. The fourth-order valence-corrected chi connectivity index (χ4v) is 3.75. The summed E-state index contributed by atoms with van der Waals surface area (Å²) >= 11 is 0. The molecule has 1 aliphatic rings. The predicted octanol–water partition coefficient (Wildman–Crippen LogP) is 5.61. The Labute approximate surface area is 170 Å². The number of esters is 1. The van der Waals surface area contributed by atoms with Crippen molar-refractivity contribution in [3.05, 3.63) is 107 Å². The zero-order valence-corrected chi connectivity index (χ0v) is 16.5. The van der Waals surface area contributed by atoms with E-state index in [0.717, 1.165) is 44.7 Å². The van der Waals surface area contributed by atoms with Crippen LogP contribution in [0, 0.1) is 0 Å². The Morgan fingerprint density at radius 1 is 0.793 bits per heavy atom. The van der Waals surface area contributed by atoms with Crippen molar-refractivity contribution < 1.29 is 14.3 Å². The number of carbonyl (C=O) groups is 1. The third-order valence-corrected chi connectivity index (χ3v) is 5.00. The lowest BCUT2D eigenvalue weighted by Crippen LogP contribution is -2.01. The summed E-state index contributed by atoms with van der Waals surface area (Å²) in [4.78, 5) is 12.4. The molecule has 144 valence electrons. The van der Waals surface area contributed by atoms with Crippen LogP contribution in [-0.2, 0) is 9.53 Å². The molecule has 0 spiro atoms. The lowest BCUT2D eigenvalue weighted by Gasteiger charge is -2.11. The first-order valence-electron chi connectivity index (χ1n) is 9.65. The van der Waals surface area contributed by atoms with E-state index in [4.69, 9.17) is 9.47 Å². The third kappa shape index (κ3) is 3.59. The molecule has 0 heterocycles. The van der Waals surface area contributed by atoms with E-state index < -0.39 is 0 Å². The molecule has 3 nitrogen and oxygen atoms in total. The molecule has 0 aliphatic heterocycles. The van der Waals surface area contributed by atoms with Crippen molar-refractivity contribution >= 4 is 22.7 Å². The summed E-state index contributed by atoms with van der Waals surface area (Å²) in [5, 5.41) is 0. The maximum Gasteiger partial charge on any atom is 0.331 e. The summed E-state index contributed by atoms with van der Waals surface area (Å²) in [6, 6.07) is 26.4. The first kappa shape index (κ1) is 18.8. The summed E-state index contributed by atoms with van der Waals surface area (Å²) in [7, 11) is 1.66. The van der Waals surface area contributed by atoms with Crippen LogP contribution >= 0.6 is 0 Å². The number of ether oxygens (including phenoxy) is 2. The minimum absolute atomic E-state index is 0.332. The average Bonchev–Trinajstić information content (AvgIpc) is 3.09. The highest BCUT2D eigenvalue weighted by molar-refractivity contribution is 6.26. The van der Waals surface area contributed by atoms with Gasteiger partial charge in [0.15, 0.2) is 0 Å². The van der Waals surface area contributed by atoms with E-state index in [2.05, 4.69) is 36.4 Å². The molecule has 3 aromatic rings. The molecule has 0 unspecified atom stereocenters. The molecule has 0 radical (unpaired) electrons. The van der Waals surface area contributed by atoms with Crippen molar-refractivity contribution in [1.29, 1.82) is 0 Å². The van der Waals surface area contributed by atoms with Gasteiger partial charge in [-0.05, 0) is 58.0 Å². The van der Waals surface area contributed by atoms with E-state index in [0.29, 0.717) is 6.61 Å². The summed E-state index contributed by atoms with van der Waals surface area (Å²) in [5.74, 6) is 0.478. The number of allylic oxidation sites excluding steroid dienone is 2. The van der Waals surface area contributed by atoms with E-state index in [1.807, 2.05) is 49.4 Å². The fraction of sp³-hybridized carbons (Fsp3) is 0.115. The monoisotopic (exact) mass is 382 g/mol. The molecule has 1 aliphatic carbocycles. The van der Waals surface area contributed by atoms with E-state index >= 15 is 0 Å². The summed E-state index contributed by atoms with van der Waals surface area (Å²) in [6.45, 7) is 2.16. The molecule has 3 heteroatoms. The first-order chi connectivity index (χ1) is 14.2. The molecular weight excluding hydrogens is 360 g/mol. The Balaban J connectivity index is 2.00. The van der Waals surface area contributed by atoms with Crippen molar-refractivity contribution in [2.24, 2.45) is 0 Å². The molecule has 0 atom stereocenters. The van der Waals surface area contributed by atoms with Crippen molar-refractivity contribution in [3.8, 4) is 5.75 Å². The van der Waals surface area contributed by atoms with Crippen LogP contribution in [0.1, 0.15) is 29.2 Å². The molecule has 0 aromatic heterocycles. The number of benzene rings is 3. The topological polar surface area (TPSA) is 35.5 Å². The van der Waals surface area contributed by atoms with Crippen LogP contribution in [0.15, 0.2) is 84.9 Å². The molecule has 4 rings (SSSR count). The Hall–Kier alpha value is -3.59. The highest BCUT2D eigenvalue weighted by Gasteiger charge is 2.28. The largest absolute Gasteiger partial charge is 0.497 e. The Morgan fingerprint density at radius 2 is 1.41 bits per heavy atom. The highest BCUT2D eigenvalue weighted by Crippen LogP contribution is 2.49. The zero-order valence-electron chi connectivity index (χ0n) is 16.5. The lowest BCUT2D eigenvalue weighted by atomic mass is 9.93. The van der Waals surface area contributed by atoms with Gasteiger partial charge in [-0.3, -0.25) is 0 Å². The van der Waals surface area contributed by atoms with Gasteiger partial charge in [-0.1, -0.05) is 66.7 Å². The standard InChI is InChI=1S/C26H22O3/c1-3-29-24(27)17-23-21-11-7-8-12-22(21)25(19-13-15-20(28-2)16-14-19)26(23)18-9-5-4-6-10-18/h4-17H,3H2,1-2H3/b23-17+. The summed E-state index contributed by atoms with van der Waals surface area (Å²) in [5.41, 5.74) is 7.29. The van der Waals surface area contributed by atoms with Crippen molar-refractivity contribution in [2.45, 2.75) is 6.92 Å². The van der Waals surface area contributed by atoms with E-state index in [1.165, 1.54) is 0 Å². The van der Waals surface area contributed by atoms with Crippen molar-refractivity contribution in [1.82, 2.24) is 0 Å². The molecule has 0 amide bonds. The van der Waals surface area contributed by atoms with Crippen LogP contribution < -0.4 is 4.74 Å². The lowest BCUT2D eigenvalue weighted by molar-refractivity contribution is -0.137. The van der Waals surface area contributed by atoms with Gasteiger partial charge in [-0.25, -0.2) is 4.79 Å². The predicted molar refractivity (Wildman–Crippen MR) is 116 cm³/mol. The van der Waals surface area contributed by atoms with Gasteiger partial charge >= 0.3 is 5.97 Å². The van der Waals surface area contributed by atoms with Gasteiger partial charge in [0.25, 0.3) is 0 Å². The second kappa shape index (κ2) is 8.19. The first-order valence-corrected chi connectivity index (χ1v) is 9.65. The van der Waals surface area contributed by atoms with Gasteiger partial charge in [-0.15, -0.1) is 0 Å². The second-order valence-electron chi connectivity index (χ2n) is 6.70. The number of hydrogen-bond donors (Lipinski definition) is 0. The molecule has 3 aromatic carbocycles. The molecule has 0 bridgehead atoms. The number of methoxy groups -OCH3 is 1. The van der Waals surface area contributed by atoms with E-state index in [1.54, 1.807) is 13.2 Å². The van der Waals surface area contributed by atoms with E-state index in [9.17, 15) is 4.79 Å². The van der Waals surface area contributed by atoms with Gasteiger partial charge < -0.3 is 9.47 Å². The number of carbonyl (C=O) groups excluding carboxylic acids is 1. The minimum Gasteiger partial charge on any atom is -0.497 e. The van der Waals surface area contributed by atoms with Crippen LogP contribution in [0.5, 0.6) is 5.75 Å². The highest BCUT2D eigenvalue weighted by atomic mass is 16.5. The SMILES string of the molecule is CCOC(=O)/C=C1/C(c2ccccc2)=C(c2ccc(OC)cc2)c2ccccc21. The van der Waals surface area contributed by atoms with Gasteiger partial charge in [0.2, 0.25) is 0 Å². The van der Waals surface area contributed by atoms with Crippen molar-refractivity contribution in [2.75, 3.05) is 13.7 Å². The van der Waals surface area contributed by atoms with Crippen LogP contribution in [0.4, 0.5) is 0 Å². The van der Waals surface area contributed by atoms with Crippen LogP contribution in [0.2, 0.25) is 0 Å². The average molecular weight is 382 g/mol. The number of hydrogen-bond acceptors (Lipinski definition) is 3. The Kier molecular flexibility index (Phi) is 5.30. The molecule has 0 saturated heterocycles. The molecule has 29 heavy (non-hydrogen) atoms. The Morgan fingerprint density at radius 3 is 2.07 bits per heavy atom. The zero-order chi connectivity index (χ0) is 20.2. The number of fused-ring (bicyclic) bond motifs is 1. The minimum atomic E-state index is -0.332. The fourth-order valence-electron chi connectivity index (χ4n) is 3.75. The molecule has 0 fully saturated rings. The smallest absolute Gasteiger partial charge is 0.331 e. The molecular formula is C26H22O3. The number of rotatable bonds is 5. The normalized spacial score (nSPS) is 14.1. The van der Waals surface area contributed by atoms with Crippen LogP contribution in [0.25, 0.3) is 16.7 Å². The summed E-state index contributed by atoms with van der Waals surface area (Å²) < 4.78 is 10.5.